The number of rotatable bonds is 6. The predicted octanol–water partition coefficient (Wildman–Crippen LogP) is 4.95. The molecule has 0 saturated carbocycles. The summed E-state index contributed by atoms with van der Waals surface area (Å²) in [5, 5.41) is 4.40. The minimum Gasteiger partial charge on any atom is -0.324 e. The first kappa shape index (κ1) is 19.9. The molecule has 0 radical (unpaired) electrons. The highest BCUT2D eigenvalue weighted by atomic mass is 79.9. The highest BCUT2D eigenvalue weighted by Gasteiger charge is 2.14. The van der Waals surface area contributed by atoms with Crippen molar-refractivity contribution in [3.05, 3.63) is 62.3 Å². The number of amides is 1. The summed E-state index contributed by atoms with van der Waals surface area (Å²) in [4.78, 5) is 29.7. The van der Waals surface area contributed by atoms with Crippen LogP contribution in [0.15, 0.2) is 56.9 Å². The molecule has 8 heteroatoms. The molecule has 1 aromatic heterocycles. The Morgan fingerprint density at radius 1 is 1.30 bits per heavy atom. The minimum atomic E-state index is -0.171. The van der Waals surface area contributed by atoms with Crippen LogP contribution < -0.4 is 10.9 Å². The lowest BCUT2D eigenvalue weighted by Crippen LogP contribution is -2.24. The Bertz CT molecular complexity index is 1050. The highest BCUT2D eigenvalue weighted by molar-refractivity contribution is 9.10. The lowest BCUT2D eigenvalue weighted by Gasteiger charge is -2.12. The first-order valence-electron chi connectivity index (χ1n) is 8.37. The lowest BCUT2D eigenvalue weighted by molar-refractivity contribution is -0.113. The highest BCUT2D eigenvalue weighted by Crippen LogP contribution is 2.23. The van der Waals surface area contributed by atoms with Crippen LogP contribution in [0, 0.1) is 0 Å². The van der Waals surface area contributed by atoms with Crippen molar-refractivity contribution in [2.24, 2.45) is 0 Å². The van der Waals surface area contributed by atoms with Crippen molar-refractivity contribution < 1.29 is 4.79 Å². The largest absolute Gasteiger partial charge is 0.324 e. The summed E-state index contributed by atoms with van der Waals surface area (Å²) in [7, 11) is 0. The van der Waals surface area contributed by atoms with Gasteiger partial charge in [0.2, 0.25) is 5.91 Å². The number of para-hydroxylation sites is 1. The van der Waals surface area contributed by atoms with Crippen molar-refractivity contribution in [1.29, 1.82) is 0 Å². The molecular formula is C19H17BrClN3O2S. The minimum absolute atomic E-state index is 0.118. The number of carbonyl (C=O) groups excluding carboxylic acids is 1. The average molecular weight is 467 g/mol. The molecule has 3 aromatic rings. The van der Waals surface area contributed by atoms with E-state index in [4.69, 9.17) is 11.6 Å². The number of carbonyl (C=O) groups is 1. The predicted molar refractivity (Wildman–Crippen MR) is 115 cm³/mol. The number of fused-ring (bicyclic) bond motifs is 1. The van der Waals surface area contributed by atoms with E-state index < -0.39 is 0 Å². The third kappa shape index (κ3) is 4.72. The van der Waals surface area contributed by atoms with Crippen molar-refractivity contribution in [2.45, 2.75) is 25.0 Å². The molecule has 1 heterocycles. The van der Waals surface area contributed by atoms with Gasteiger partial charge in [-0.2, -0.15) is 0 Å². The van der Waals surface area contributed by atoms with Crippen LogP contribution in [-0.4, -0.2) is 21.2 Å². The quantitative estimate of drug-likeness (QED) is 0.412. The number of nitrogens with zero attached hydrogens (tertiary/aromatic N) is 2. The van der Waals surface area contributed by atoms with Gasteiger partial charge in [0, 0.05) is 16.0 Å². The number of halogens is 2. The first-order valence-corrected chi connectivity index (χ1v) is 10.5. The second kappa shape index (κ2) is 8.91. The molecule has 0 unspecified atom stereocenters. The fourth-order valence-corrected chi connectivity index (χ4v) is 3.96. The van der Waals surface area contributed by atoms with Gasteiger partial charge in [0.1, 0.15) is 0 Å². The van der Waals surface area contributed by atoms with Gasteiger partial charge in [-0.1, -0.05) is 42.4 Å². The van der Waals surface area contributed by atoms with Gasteiger partial charge in [0.05, 0.1) is 22.3 Å². The Hall–Kier alpha value is -1.83. The van der Waals surface area contributed by atoms with E-state index in [1.165, 1.54) is 11.8 Å². The summed E-state index contributed by atoms with van der Waals surface area (Å²) < 4.78 is 2.43. The van der Waals surface area contributed by atoms with Crippen LogP contribution in [0.1, 0.15) is 13.3 Å². The van der Waals surface area contributed by atoms with E-state index in [9.17, 15) is 9.59 Å². The zero-order valence-electron chi connectivity index (χ0n) is 14.5. The maximum absolute atomic E-state index is 12.8. The van der Waals surface area contributed by atoms with Crippen LogP contribution in [0.5, 0.6) is 0 Å². The Morgan fingerprint density at radius 3 is 2.81 bits per heavy atom. The standard InChI is InChI=1S/C19H17BrClN3O2S/c1-2-9-24-18(26)13-8-7-12(21)10-16(13)23-19(24)27-11-17(25)22-15-6-4-3-5-14(15)20/h3-8,10H,2,9,11H2,1H3,(H,22,25). The van der Waals surface area contributed by atoms with Gasteiger partial charge in [-0.15, -0.1) is 0 Å². The van der Waals surface area contributed by atoms with Gasteiger partial charge < -0.3 is 5.32 Å². The van der Waals surface area contributed by atoms with Gasteiger partial charge in [-0.25, -0.2) is 4.98 Å². The van der Waals surface area contributed by atoms with Crippen molar-refractivity contribution in [3.63, 3.8) is 0 Å². The summed E-state index contributed by atoms with van der Waals surface area (Å²) in [5.41, 5.74) is 1.12. The molecule has 0 spiro atoms. The van der Waals surface area contributed by atoms with Gasteiger partial charge in [-0.05, 0) is 52.7 Å². The fourth-order valence-electron chi connectivity index (χ4n) is 2.58. The van der Waals surface area contributed by atoms with Crippen molar-refractivity contribution in [1.82, 2.24) is 9.55 Å². The van der Waals surface area contributed by atoms with E-state index >= 15 is 0 Å². The molecule has 0 aliphatic heterocycles. The lowest BCUT2D eigenvalue weighted by atomic mass is 10.2. The topological polar surface area (TPSA) is 64.0 Å². The Kier molecular flexibility index (Phi) is 6.57. The van der Waals surface area contributed by atoms with Crippen LogP contribution in [0.25, 0.3) is 10.9 Å². The number of nitrogens with one attached hydrogen (secondary N) is 1. The fraction of sp³-hybridized carbons (Fsp3) is 0.211. The number of aromatic nitrogens is 2. The van der Waals surface area contributed by atoms with E-state index in [-0.39, 0.29) is 17.2 Å². The number of hydrogen-bond donors (Lipinski definition) is 1. The Morgan fingerprint density at radius 2 is 2.07 bits per heavy atom. The molecule has 140 valence electrons. The van der Waals surface area contributed by atoms with E-state index in [0.29, 0.717) is 33.3 Å². The molecule has 0 fully saturated rings. The summed E-state index contributed by atoms with van der Waals surface area (Å²) in [6.45, 7) is 2.53. The smallest absolute Gasteiger partial charge is 0.262 e. The maximum atomic E-state index is 12.8. The molecule has 1 amide bonds. The third-order valence-electron chi connectivity index (χ3n) is 3.81. The normalized spacial score (nSPS) is 10.9. The number of thioether (sulfide) groups is 1. The maximum Gasteiger partial charge on any atom is 0.262 e. The van der Waals surface area contributed by atoms with E-state index in [1.807, 2.05) is 31.2 Å². The van der Waals surface area contributed by atoms with Gasteiger partial charge in [0.15, 0.2) is 5.16 Å². The van der Waals surface area contributed by atoms with Crippen LogP contribution in [-0.2, 0) is 11.3 Å². The van der Waals surface area contributed by atoms with Crippen LogP contribution in [0.3, 0.4) is 0 Å². The molecule has 5 nitrogen and oxygen atoms in total. The second-order valence-corrected chi connectivity index (χ2v) is 8.06. The SMILES string of the molecule is CCCn1c(SCC(=O)Nc2ccccc2Br)nc2cc(Cl)ccc2c1=O. The molecule has 27 heavy (non-hydrogen) atoms. The molecule has 0 atom stereocenters. The monoisotopic (exact) mass is 465 g/mol. The average Bonchev–Trinajstić information content (AvgIpc) is 2.64. The van der Waals surface area contributed by atoms with E-state index in [2.05, 4.69) is 26.2 Å². The van der Waals surface area contributed by atoms with Crippen LogP contribution in [0.4, 0.5) is 5.69 Å². The van der Waals surface area contributed by atoms with Gasteiger partial charge in [0.25, 0.3) is 5.56 Å². The van der Waals surface area contributed by atoms with Crippen molar-refractivity contribution >= 4 is 61.8 Å². The molecular weight excluding hydrogens is 450 g/mol. The number of benzene rings is 2. The van der Waals surface area contributed by atoms with Crippen LogP contribution >= 0.6 is 39.3 Å². The summed E-state index contributed by atoms with van der Waals surface area (Å²) in [6.07, 6.45) is 0.789. The molecule has 1 N–H and O–H groups in total. The summed E-state index contributed by atoms with van der Waals surface area (Å²) >= 11 is 10.7. The molecule has 2 aromatic carbocycles. The van der Waals surface area contributed by atoms with Crippen LogP contribution in [0.2, 0.25) is 5.02 Å². The molecule has 0 bridgehead atoms. The first-order chi connectivity index (χ1) is 13.0. The summed E-state index contributed by atoms with van der Waals surface area (Å²) in [5.74, 6) is -0.0285. The molecule has 0 saturated heterocycles. The third-order valence-corrected chi connectivity index (χ3v) is 5.71. The zero-order chi connectivity index (χ0) is 19.4. The van der Waals surface area contributed by atoms with Crippen molar-refractivity contribution in [2.75, 3.05) is 11.1 Å². The number of anilines is 1. The molecule has 3 rings (SSSR count). The number of hydrogen-bond acceptors (Lipinski definition) is 4. The Balaban J connectivity index is 1.85. The second-order valence-electron chi connectivity index (χ2n) is 5.83. The summed E-state index contributed by atoms with van der Waals surface area (Å²) in [6, 6.07) is 12.4. The van der Waals surface area contributed by atoms with E-state index in [1.54, 1.807) is 22.8 Å². The molecule has 0 aliphatic rings. The Labute approximate surface area is 174 Å². The molecule has 0 aliphatic carbocycles. The zero-order valence-corrected chi connectivity index (χ0v) is 17.7. The van der Waals surface area contributed by atoms with Gasteiger partial charge in [-0.3, -0.25) is 14.2 Å². The van der Waals surface area contributed by atoms with E-state index in [0.717, 1.165) is 10.9 Å². The van der Waals surface area contributed by atoms with Gasteiger partial charge >= 0.3 is 0 Å². The van der Waals surface area contributed by atoms with Crippen molar-refractivity contribution in [3.8, 4) is 0 Å².